The number of aliphatic hydroxyl groups excluding tert-OH is 1. The molecule has 0 aliphatic rings. The maximum atomic E-state index is 9.63. The molecule has 1 N–H and O–H groups in total. The van der Waals surface area contributed by atoms with Crippen LogP contribution >= 0.6 is 0 Å². The number of hydrogen-bond acceptors (Lipinski definition) is 3. The summed E-state index contributed by atoms with van der Waals surface area (Å²) in [5.74, 6) is 0.692. The zero-order valence-corrected chi connectivity index (χ0v) is 11.5. The van der Waals surface area contributed by atoms with Gasteiger partial charge in [0.1, 0.15) is 0 Å². The summed E-state index contributed by atoms with van der Waals surface area (Å²) in [4.78, 5) is 8.87. The van der Waals surface area contributed by atoms with E-state index in [4.69, 9.17) is 0 Å². The van der Waals surface area contributed by atoms with Crippen molar-refractivity contribution in [3.8, 4) is 11.4 Å². The van der Waals surface area contributed by atoms with Crippen LogP contribution in [0.4, 0.5) is 0 Å². The Labute approximate surface area is 117 Å². The van der Waals surface area contributed by atoms with Gasteiger partial charge in [-0.25, -0.2) is 9.97 Å². The molecule has 0 fully saturated rings. The van der Waals surface area contributed by atoms with E-state index in [-0.39, 0.29) is 0 Å². The number of aromatic nitrogens is 2. The minimum absolute atomic E-state index is 0.541. The van der Waals surface area contributed by atoms with Crippen LogP contribution in [0.15, 0.2) is 48.7 Å². The average molecular weight is 264 g/mol. The number of aryl methyl sites for hydroxylation is 1. The molecule has 0 aliphatic heterocycles. The Morgan fingerprint density at radius 2 is 1.80 bits per heavy atom. The number of nitrogens with zero attached hydrogens (tertiary/aromatic N) is 2. The molecule has 100 valence electrons. The van der Waals surface area contributed by atoms with Gasteiger partial charge in [-0.15, -0.1) is 0 Å². The van der Waals surface area contributed by atoms with Gasteiger partial charge in [0.2, 0.25) is 0 Å². The van der Waals surface area contributed by atoms with Gasteiger partial charge in [-0.2, -0.15) is 0 Å². The molecule has 20 heavy (non-hydrogen) atoms. The summed E-state index contributed by atoms with van der Waals surface area (Å²) in [5.41, 5.74) is 2.58. The highest BCUT2D eigenvalue weighted by Crippen LogP contribution is 2.23. The van der Waals surface area contributed by atoms with Gasteiger partial charge in [-0.05, 0) is 30.7 Å². The molecule has 1 heterocycles. The average Bonchev–Trinajstić information content (AvgIpc) is 2.46. The van der Waals surface area contributed by atoms with E-state index in [0.717, 1.165) is 16.8 Å². The standard InChI is InChI=1S/C17H16N2O/c1-11-16(12(2)20)10-18-17(19-11)15-8-7-13-5-3-4-6-14(13)9-15/h3-10,12,20H,1-2H3/t12-/m1/s1. The van der Waals surface area contributed by atoms with Crippen LogP contribution < -0.4 is 0 Å². The van der Waals surface area contributed by atoms with E-state index in [2.05, 4.69) is 34.2 Å². The summed E-state index contributed by atoms with van der Waals surface area (Å²) in [6, 6.07) is 14.4. The number of fused-ring (bicyclic) bond motifs is 1. The predicted molar refractivity (Wildman–Crippen MR) is 80.3 cm³/mol. The normalized spacial score (nSPS) is 12.6. The van der Waals surface area contributed by atoms with Crippen molar-refractivity contribution in [2.75, 3.05) is 0 Å². The molecule has 0 spiro atoms. The molecule has 3 rings (SSSR count). The van der Waals surface area contributed by atoms with Gasteiger partial charge in [0, 0.05) is 23.0 Å². The maximum Gasteiger partial charge on any atom is 0.159 e. The lowest BCUT2D eigenvalue weighted by molar-refractivity contribution is 0.197. The van der Waals surface area contributed by atoms with Crippen molar-refractivity contribution in [1.29, 1.82) is 0 Å². The Bertz CT molecular complexity index is 766. The predicted octanol–water partition coefficient (Wildman–Crippen LogP) is 3.66. The van der Waals surface area contributed by atoms with Crippen molar-refractivity contribution in [2.45, 2.75) is 20.0 Å². The molecule has 2 aromatic carbocycles. The van der Waals surface area contributed by atoms with Crippen LogP contribution in [0.5, 0.6) is 0 Å². The van der Waals surface area contributed by atoms with Gasteiger partial charge in [-0.1, -0.05) is 36.4 Å². The quantitative estimate of drug-likeness (QED) is 0.768. The molecule has 0 unspecified atom stereocenters. The topological polar surface area (TPSA) is 46.0 Å². The summed E-state index contributed by atoms with van der Waals surface area (Å²) in [7, 11) is 0. The van der Waals surface area contributed by atoms with Crippen molar-refractivity contribution in [1.82, 2.24) is 9.97 Å². The number of benzene rings is 2. The summed E-state index contributed by atoms with van der Waals surface area (Å²) >= 11 is 0. The van der Waals surface area contributed by atoms with Gasteiger partial charge in [-0.3, -0.25) is 0 Å². The second-order valence-corrected chi connectivity index (χ2v) is 4.97. The van der Waals surface area contributed by atoms with Crippen LogP contribution in [0.3, 0.4) is 0 Å². The molecule has 3 nitrogen and oxygen atoms in total. The smallest absolute Gasteiger partial charge is 0.159 e. The first-order chi connectivity index (χ1) is 9.65. The molecular weight excluding hydrogens is 248 g/mol. The molecule has 3 heteroatoms. The third-order valence-electron chi connectivity index (χ3n) is 3.48. The lowest BCUT2D eigenvalue weighted by Crippen LogP contribution is -2.01. The molecule has 0 aliphatic carbocycles. The van der Waals surface area contributed by atoms with Gasteiger partial charge in [0.15, 0.2) is 5.82 Å². The Balaban J connectivity index is 2.08. The van der Waals surface area contributed by atoms with Gasteiger partial charge in [0.25, 0.3) is 0 Å². The fourth-order valence-corrected chi connectivity index (χ4v) is 2.35. The molecule has 1 aromatic heterocycles. The zero-order valence-electron chi connectivity index (χ0n) is 11.5. The highest BCUT2D eigenvalue weighted by Gasteiger charge is 2.09. The van der Waals surface area contributed by atoms with Crippen molar-refractivity contribution >= 4 is 10.8 Å². The first-order valence-electron chi connectivity index (χ1n) is 6.66. The van der Waals surface area contributed by atoms with Crippen molar-refractivity contribution < 1.29 is 5.11 Å². The van der Waals surface area contributed by atoms with Crippen LogP contribution in [0, 0.1) is 6.92 Å². The lowest BCUT2D eigenvalue weighted by atomic mass is 10.1. The van der Waals surface area contributed by atoms with E-state index in [1.165, 1.54) is 10.8 Å². The van der Waals surface area contributed by atoms with Crippen LogP contribution in [-0.4, -0.2) is 15.1 Å². The molecule has 0 amide bonds. The number of aliphatic hydroxyl groups is 1. The summed E-state index contributed by atoms with van der Waals surface area (Å²) in [6.07, 6.45) is 1.16. The first-order valence-corrected chi connectivity index (χ1v) is 6.66. The van der Waals surface area contributed by atoms with E-state index in [1.807, 2.05) is 25.1 Å². The molecule has 0 radical (unpaired) electrons. The van der Waals surface area contributed by atoms with Crippen molar-refractivity contribution in [2.24, 2.45) is 0 Å². The highest BCUT2D eigenvalue weighted by atomic mass is 16.3. The first kappa shape index (κ1) is 12.8. The van der Waals surface area contributed by atoms with Crippen LogP contribution in [0.25, 0.3) is 22.2 Å². The second kappa shape index (κ2) is 5.02. The fourth-order valence-electron chi connectivity index (χ4n) is 2.35. The highest BCUT2D eigenvalue weighted by molar-refractivity contribution is 5.86. The molecule has 0 bridgehead atoms. The summed E-state index contributed by atoms with van der Waals surface area (Å²) < 4.78 is 0. The third kappa shape index (κ3) is 2.28. The molecule has 0 saturated carbocycles. The Morgan fingerprint density at radius 3 is 2.50 bits per heavy atom. The summed E-state index contributed by atoms with van der Waals surface area (Å²) in [5, 5.41) is 12.0. The monoisotopic (exact) mass is 264 g/mol. The maximum absolute atomic E-state index is 9.63. The third-order valence-corrected chi connectivity index (χ3v) is 3.48. The molecular formula is C17H16N2O. The minimum Gasteiger partial charge on any atom is -0.389 e. The molecule has 3 aromatic rings. The van der Waals surface area contributed by atoms with E-state index < -0.39 is 6.10 Å². The largest absolute Gasteiger partial charge is 0.389 e. The van der Waals surface area contributed by atoms with Gasteiger partial charge >= 0.3 is 0 Å². The Hall–Kier alpha value is -2.26. The zero-order chi connectivity index (χ0) is 14.1. The van der Waals surface area contributed by atoms with Crippen LogP contribution in [-0.2, 0) is 0 Å². The van der Waals surface area contributed by atoms with E-state index in [0.29, 0.717) is 5.82 Å². The second-order valence-electron chi connectivity index (χ2n) is 4.97. The summed E-state index contributed by atoms with van der Waals surface area (Å²) in [6.45, 7) is 3.62. The van der Waals surface area contributed by atoms with Gasteiger partial charge < -0.3 is 5.11 Å². The Kier molecular flexibility index (Phi) is 3.20. The number of hydrogen-bond donors (Lipinski definition) is 1. The SMILES string of the molecule is Cc1nc(-c2ccc3ccccc3c2)ncc1[C@@H](C)O. The van der Waals surface area contributed by atoms with E-state index in [1.54, 1.807) is 13.1 Å². The van der Waals surface area contributed by atoms with E-state index in [9.17, 15) is 5.11 Å². The fraction of sp³-hybridized carbons (Fsp3) is 0.176. The minimum atomic E-state index is -0.541. The van der Waals surface area contributed by atoms with Crippen molar-refractivity contribution in [3.05, 3.63) is 59.9 Å². The van der Waals surface area contributed by atoms with Crippen LogP contribution in [0.1, 0.15) is 24.3 Å². The van der Waals surface area contributed by atoms with Crippen LogP contribution in [0.2, 0.25) is 0 Å². The lowest BCUT2D eigenvalue weighted by Gasteiger charge is -2.09. The van der Waals surface area contributed by atoms with Gasteiger partial charge in [0.05, 0.1) is 6.10 Å². The van der Waals surface area contributed by atoms with E-state index >= 15 is 0 Å². The molecule has 0 saturated heterocycles. The molecule has 1 atom stereocenters. The number of rotatable bonds is 2. The Morgan fingerprint density at radius 1 is 1.05 bits per heavy atom. The van der Waals surface area contributed by atoms with Crippen molar-refractivity contribution in [3.63, 3.8) is 0 Å².